The van der Waals surface area contributed by atoms with Crippen molar-refractivity contribution in [3.63, 3.8) is 0 Å². The first kappa shape index (κ1) is 17.0. The third-order valence-corrected chi connectivity index (χ3v) is 4.14. The molecule has 1 unspecified atom stereocenters. The van der Waals surface area contributed by atoms with Crippen molar-refractivity contribution in [3.05, 3.63) is 53.6 Å². The van der Waals surface area contributed by atoms with Gasteiger partial charge in [-0.3, -0.25) is 0 Å². The predicted molar refractivity (Wildman–Crippen MR) is 83.5 cm³/mol. The van der Waals surface area contributed by atoms with Crippen LogP contribution in [0.4, 0.5) is 13.2 Å². The molecule has 0 saturated carbocycles. The third kappa shape index (κ3) is 4.15. The molecule has 3 rings (SSSR count). The van der Waals surface area contributed by atoms with Gasteiger partial charge in [0, 0.05) is 32.1 Å². The standard InChI is InChI=1S/C17H20F3N3O/c18-17(19,20)15-6-2-1-4-13(15)12-23-8-7-22-16(23)11-21-10-14-5-3-9-24-14/h1-2,4,6-8,14,21H,3,5,9-12H2. The van der Waals surface area contributed by atoms with E-state index in [0.717, 1.165) is 32.1 Å². The molecule has 130 valence electrons. The van der Waals surface area contributed by atoms with Gasteiger partial charge in [0.1, 0.15) is 5.82 Å². The number of ether oxygens (including phenoxy) is 1. The van der Waals surface area contributed by atoms with E-state index in [1.807, 2.05) is 0 Å². The van der Waals surface area contributed by atoms with Crippen molar-refractivity contribution in [2.45, 2.75) is 38.2 Å². The van der Waals surface area contributed by atoms with Crippen molar-refractivity contribution in [3.8, 4) is 0 Å². The Morgan fingerprint density at radius 3 is 2.88 bits per heavy atom. The summed E-state index contributed by atoms with van der Waals surface area (Å²) >= 11 is 0. The van der Waals surface area contributed by atoms with Gasteiger partial charge in [0.15, 0.2) is 0 Å². The molecule has 0 amide bonds. The lowest BCUT2D eigenvalue weighted by atomic mass is 10.1. The van der Waals surface area contributed by atoms with Crippen molar-refractivity contribution in [1.82, 2.24) is 14.9 Å². The summed E-state index contributed by atoms with van der Waals surface area (Å²) in [5, 5.41) is 3.27. The van der Waals surface area contributed by atoms with Crippen LogP contribution in [0.15, 0.2) is 36.7 Å². The minimum Gasteiger partial charge on any atom is -0.377 e. The number of alkyl halides is 3. The monoisotopic (exact) mass is 339 g/mol. The Bertz CT molecular complexity index is 663. The molecule has 0 bridgehead atoms. The van der Waals surface area contributed by atoms with Crippen molar-refractivity contribution in [1.29, 1.82) is 0 Å². The van der Waals surface area contributed by atoms with E-state index in [0.29, 0.717) is 12.4 Å². The maximum Gasteiger partial charge on any atom is 0.416 e. The van der Waals surface area contributed by atoms with E-state index >= 15 is 0 Å². The Kier molecular flexibility index (Phi) is 5.20. The van der Waals surface area contributed by atoms with Crippen LogP contribution in [-0.2, 0) is 24.0 Å². The van der Waals surface area contributed by atoms with Crippen LogP contribution in [-0.4, -0.2) is 28.8 Å². The molecule has 7 heteroatoms. The van der Waals surface area contributed by atoms with Gasteiger partial charge in [-0.25, -0.2) is 4.98 Å². The highest BCUT2D eigenvalue weighted by molar-refractivity contribution is 5.30. The topological polar surface area (TPSA) is 39.1 Å². The van der Waals surface area contributed by atoms with Gasteiger partial charge in [-0.15, -0.1) is 0 Å². The Morgan fingerprint density at radius 1 is 1.29 bits per heavy atom. The minimum absolute atomic E-state index is 0.145. The first-order valence-corrected chi connectivity index (χ1v) is 8.01. The molecular formula is C17H20F3N3O. The van der Waals surface area contributed by atoms with Gasteiger partial charge in [-0.1, -0.05) is 18.2 Å². The van der Waals surface area contributed by atoms with Crippen LogP contribution in [0.2, 0.25) is 0 Å². The van der Waals surface area contributed by atoms with E-state index in [2.05, 4.69) is 10.3 Å². The van der Waals surface area contributed by atoms with Crippen LogP contribution in [0.3, 0.4) is 0 Å². The molecule has 1 N–H and O–H groups in total. The zero-order valence-corrected chi connectivity index (χ0v) is 13.2. The fraction of sp³-hybridized carbons (Fsp3) is 0.471. The van der Waals surface area contributed by atoms with Crippen LogP contribution < -0.4 is 5.32 Å². The van der Waals surface area contributed by atoms with Crippen LogP contribution in [0, 0.1) is 0 Å². The lowest BCUT2D eigenvalue weighted by molar-refractivity contribution is -0.138. The minimum atomic E-state index is -4.35. The molecular weight excluding hydrogens is 319 g/mol. The largest absolute Gasteiger partial charge is 0.416 e. The second-order valence-electron chi connectivity index (χ2n) is 5.89. The van der Waals surface area contributed by atoms with Gasteiger partial charge in [0.25, 0.3) is 0 Å². The lowest BCUT2D eigenvalue weighted by Crippen LogP contribution is -2.27. The number of aromatic nitrogens is 2. The fourth-order valence-corrected chi connectivity index (χ4v) is 2.92. The van der Waals surface area contributed by atoms with Gasteiger partial charge in [0.2, 0.25) is 0 Å². The maximum atomic E-state index is 13.1. The predicted octanol–water partition coefficient (Wildman–Crippen LogP) is 3.22. The van der Waals surface area contributed by atoms with Crippen molar-refractivity contribution >= 4 is 0 Å². The van der Waals surface area contributed by atoms with Gasteiger partial charge in [0.05, 0.1) is 18.2 Å². The molecule has 1 saturated heterocycles. The quantitative estimate of drug-likeness (QED) is 0.878. The normalized spacial score (nSPS) is 18.2. The highest BCUT2D eigenvalue weighted by Crippen LogP contribution is 2.32. The summed E-state index contributed by atoms with van der Waals surface area (Å²) in [7, 11) is 0. The smallest absolute Gasteiger partial charge is 0.377 e. The molecule has 1 fully saturated rings. The van der Waals surface area contributed by atoms with Gasteiger partial charge in [-0.05, 0) is 24.5 Å². The Morgan fingerprint density at radius 2 is 2.12 bits per heavy atom. The average Bonchev–Trinajstić information content (AvgIpc) is 3.19. The second-order valence-corrected chi connectivity index (χ2v) is 5.89. The zero-order chi connectivity index (χ0) is 17.0. The maximum absolute atomic E-state index is 13.1. The number of hydrogen-bond acceptors (Lipinski definition) is 3. The van der Waals surface area contributed by atoms with Crippen molar-refractivity contribution < 1.29 is 17.9 Å². The summed E-state index contributed by atoms with van der Waals surface area (Å²) in [5.74, 6) is 0.713. The van der Waals surface area contributed by atoms with Crippen LogP contribution in [0.1, 0.15) is 29.8 Å². The van der Waals surface area contributed by atoms with E-state index in [-0.39, 0.29) is 18.2 Å². The van der Waals surface area contributed by atoms with Crippen LogP contribution in [0.5, 0.6) is 0 Å². The van der Waals surface area contributed by atoms with Crippen LogP contribution in [0.25, 0.3) is 0 Å². The Hall–Kier alpha value is -1.86. The number of benzene rings is 1. The molecule has 0 aliphatic carbocycles. The van der Waals surface area contributed by atoms with E-state index in [4.69, 9.17) is 4.74 Å². The number of halogens is 3. The summed E-state index contributed by atoms with van der Waals surface area (Å²) in [4.78, 5) is 4.25. The second kappa shape index (κ2) is 7.36. The average molecular weight is 339 g/mol. The molecule has 24 heavy (non-hydrogen) atoms. The van der Waals surface area contributed by atoms with Crippen LogP contribution >= 0.6 is 0 Å². The molecule has 1 atom stereocenters. The molecule has 1 aromatic carbocycles. The summed E-state index contributed by atoms with van der Waals surface area (Å²) in [6.45, 7) is 2.18. The number of hydrogen-bond donors (Lipinski definition) is 1. The number of nitrogens with zero attached hydrogens (tertiary/aromatic N) is 2. The molecule has 1 aliphatic heterocycles. The number of rotatable bonds is 6. The summed E-state index contributed by atoms with van der Waals surface area (Å²) in [6, 6.07) is 5.65. The Balaban J connectivity index is 1.65. The molecule has 2 aromatic rings. The third-order valence-electron chi connectivity index (χ3n) is 4.14. The molecule has 1 aliphatic rings. The fourth-order valence-electron chi connectivity index (χ4n) is 2.92. The molecule has 2 heterocycles. The van der Waals surface area contributed by atoms with E-state index in [1.165, 1.54) is 12.1 Å². The zero-order valence-electron chi connectivity index (χ0n) is 13.2. The first-order valence-electron chi connectivity index (χ1n) is 8.01. The van der Waals surface area contributed by atoms with E-state index in [9.17, 15) is 13.2 Å². The molecule has 1 aromatic heterocycles. The van der Waals surface area contributed by atoms with Crippen molar-refractivity contribution in [2.24, 2.45) is 0 Å². The summed E-state index contributed by atoms with van der Waals surface area (Å²) < 4.78 is 46.6. The SMILES string of the molecule is FC(F)(F)c1ccccc1Cn1ccnc1CNCC1CCCO1. The highest BCUT2D eigenvalue weighted by atomic mass is 19.4. The molecule has 0 spiro atoms. The summed E-state index contributed by atoms with van der Waals surface area (Å²) in [6.07, 6.45) is 1.31. The molecule has 0 radical (unpaired) electrons. The number of imidazole rings is 1. The van der Waals surface area contributed by atoms with Gasteiger partial charge in [-0.2, -0.15) is 13.2 Å². The lowest BCUT2D eigenvalue weighted by Gasteiger charge is -2.15. The number of nitrogens with one attached hydrogen (secondary N) is 1. The van der Waals surface area contributed by atoms with Gasteiger partial charge >= 0.3 is 6.18 Å². The van der Waals surface area contributed by atoms with E-state index < -0.39 is 11.7 Å². The van der Waals surface area contributed by atoms with Crippen molar-refractivity contribution in [2.75, 3.05) is 13.2 Å². The van der Waals surface area contributed by atoms with E-state index in [1.54, 1.807) is 23.0 Å². The first-order chi connectivity index (χ1) is 11.5. The van der Waals surface area contributed by atoms with Gasteiger partial charge < -0.3 is 14.6 Å². The highest BCUT2D eigenvalue weighted by Gasteiger charge is 2.32. The Labute approximate surface area is 138 Å². The summed E-state index contributed by atoms with van der Waals surface area (Å²) in [5.41, 5.74) is -0.361. The molecule has 4 nitrogen and oxygen atoms in total.